The first-order valence-corrected chi connectivity index (χ1v) is 6.84. The third kappa shape index (κ3) is 4.39. The van der Waals surface area contributed by atoms with E-state index in [0.717, 1.165) is 18.2 Å². The van der Waals surface area contributed by atoms with E-state index in [1.807, 2.05) is 4.72 Å². The molecule has 0 atom stereocenters. The SMILES string of the molecule is CCOC(=O)NS(=O)(=O)Nc1ccc(F)cc1C(=N)N. The van der Waals surface area contributed by atoms with Crippen LogP contribution in [0.25, 0.3) is 0 Å². The van der Waals surface area contributed by atoms with Gasteiger partial charge in [-0.1, -0.05) is 0 Å². The van der Waals surface area contributed by atoms with E-state index >= 15 is 0 Å². The molecular formula is C10H13FN4O4S. The van der Waals surface area contributed by atoms with Gasteiger partial charge in [-0.2, -0.15) is 8.42 Å². The molecule has 0 aromatic heterocycles. The molecule has 0 bridgehead atoms. The molecule has 0 saturated carbocycles. The molecule has 110 valence electrons. The van der Waals surface area contributed by atoms with Gasteiger partial charge in [0.1, 0.15) is 11.7 Å². The summed E-state index contributed by atoms with van der Waals surface area (Å²) < 4.78 is 44.2. The zero-order chi connectivity index (χ0) is 15.3. The Bertz CT molecular complexity index is 632. The molecule has 1 aromatic rings. The van der Waals surface area contributed by atoms with Crippen LogP contribution >= 0.6 is 0 Å². The molecular weight excluding hydrogens is 291 g/mol. The number of rotatable bonds is 5. The minimum Gasteiger partial charge on any atom is -0.449 e. The number of amidine groups is 1. The van der Waals surface area contributed by atoms with Gasteiger partial charge >= 0.3 is 16.3 Å². The lowest BCUT2D eigenvalue weighted by atomic mass is 10.1. The smallest absolute Gasteiger partial charge is 0.422 e. The summed E-state index contributed by atoms with van der Waals surface area (Å²) in [6, 6.07) is 2.95. The van der Waals surface area contributed by atoms with Gasteiger partial charge < -0.3 is 10.5 Å². The monoisotopic (exact) mass is 304 g/mol. The summed E-state index contributed by atoms with van der Waals surface area (Å²) in [6.07, 6.45) is -1.16. The Labute approximate surface area is 114 Å². The first kappa shape index (κ1) is 15.7. The van der Waals surface area contributed by atoms with Gasteiger partial charge in [0.05, 0.1) is 12.3 Å². The minimum atomic E-state index is -4.27. The van der Waals surface area contributed by atoms with E-state index in [1.54, 1.807) is 4.72 Å². The van der Waals surface area contributed by atoms with Gasteiger partial charge in [0.15, 0.2) is 0 Å². The summed E-state index contributed by atoms with van der Waals surface area (Å²) in [5.74, 6) is -1.21. The molecule has 0 aliphatic carbocycles. The Morgan fingerprint density at radius 1 is 1.50 bits per heavy atom. The molecule has 0 aliphatic rings. The van der Waals surface area contributed by atoms with Crippen molar-refractivity contribution in [2.45, 2.75) is 6.92 Å². The maximum atomic E-state index is 13.0. The normalized spacial score (nSPS) is 10.7. The van der Waals surface area contributed by atoms with Crippen molar-refractivity contribution >= 4 is 27.8 Å². The van der Waals surface area contributed by atoms with E-state index in [4.69, 9.17) is 11.1 Å². The lowest BCUT2D eigenvalue weighted by Gasteiger charge is -2.12. The quantitative estimate of drug-likeness (QED) is 0.464. The van der Waals surface area contributed by atoms with Crippen LogP contribution in [0.3, 0.4) is 0 Å². The third-order valence-corrected chi connectivity index (χ3v) is 2.93. The summed E-state index contributed by atoms with van der Waals surface area (Å²) in [5, 5.41) is 7.25. The minimum absolute atomic E-state index is 0.00338. The van der Waals surface area contributed by atoms with E-state index in [1.165, 1.54) is 6.92 Å². The van der Waals surface area contributed by atoms with Crippen LogP contribution in [-0.4, -0.2) is 27.0 Å². The van der Waals surface area contributed by atoms with E-state index in [9.17, 15) is 17.6 Å². The molecule has 10 heteroatoms. The number of nitrogen functional groups attached to an aromatic ring is 1. The maximum absolute atomic E-state index is 13.0. The largest absolute Gasteiger partial charge is 0.449 e. The van der Waals surface area contributed by atoms with Crippen LogP contribution in [0.5, 0.6) is 0 Å². The van der Waals surface area contributed by atoms with Crippen molar-refractivity contribution in [1.29, 1.82) is 5.41 Å². The molecule has 0 heterocycles. The lowest BCUT2D eigenvalue weighted by Crippen LogP contribution is -2.36. The van der Waals surface area contributed by atoms with E-state index in [-0.39, 0.29) is 17.9 Å². The molecule has 1 amide bonds. The van der Waals surface area contributed by atoms with Crippen molar-refractivity contribution < 1.29 is 22.3 Å². The summed E-state index contributed by atoms with van der Waals surface area (Å²) in [6.45, 7) is 1.50. The molecule has 0 fully saturated rings. The van der Waals surface area contributed by atoms with Gasteiger partial charge in [-0.3, -0.25) is 10.1 Å². The Hall–Kier alpha value is -2.36. The van der Waals surface area contributed by atoms with Crippen molar-refractivity contribution in [3.63, 3.8) is 0 Å². The predicted octanol–water partition coefficient (Wildman–Crippen LogP) is 0.513. The maximum Gasteiger partial charge on any atom is 0.422 e. The van der Waals surface area contributed by atoms with Gasteiger partial charge in [-0.05, 0) is 25.1 Å². The molecule has 20 heavy (non-hydrogen) atoms. The number of carbonyl (C=O) groups excluding carboxylic acids is 1. The van der Waals surface area contributed by atoms with Gasteiger partial charge in [0.25, 0.3) is 0 Å². The Morgan fingerprint density at radius 2 is 2.15 bits per heavy atom. The van der Waals surface area contributed by atoms with Gasteiger partial charge in [0, 0.05) is 5.56 Å². The highest BCUT2D eigenvalue weighted by molar-refractivity contribution is 7.91. The Balaban J connectivity index is 2.98. The molecule has 0 spiro atoms. The van der Waals surface area contributed by atoms with Crippen LogP contribution in [0.15, 0.2) is 18.2 Å². The molecule has 5 N–H and O–H groups in total. The first-order chi connectivity index (χ1) is 9.25. The van der Waals surface area contributed by atoms with E-state index < -0.39 is 28.0 Å². The van der Waals surface area contributed by atoms with E-state index in [2.05, 4.69) is 4.74 Å². The van der Waals surface area contributed by atoms with Crippen molar-refractivity contribution in [3.05, 3.63) is 29.6 Å². The topological polar surface area (TPSA) is 134 Å². The van der Waals surface area contributed by atoms with Crippen LogP contribution in [0.1, 0.15) is 12.5 Å². The summed E-state index contributed by atoms with van der Waals surface area (Å²) in [4.78, 5) is 11.0. The van der Waals surface area contributed by atoms with Crippen molar-refractivity contribution in [3.8, 4) is 0 Å². The van der Waals surface area contributed by atoms with Crippen LogP contribution in [0.2, 0.25) is 0 Å². The number of nitrogens with one attached hydrogen (secondary N) is 3. The van der Waals surface area contributed by atoms with Crippen LogP contribution in [0, 0.1) is 11.2 Å². The van der Waals surface area contributed by atoms with Crippen molar-refractivity contribution in [1.82, 2.24) is 4.72 Å². The predicted molar refractivity (Wildman–Crippen MR) is 70.1 cm³/mol. The molecule has 0 radical (unpaired) electrons. The van der Waals surface area contributed by atoms with Crippen molar-refractivity contribution in [2.75, 3.05) is 11.3 Å². The highest BCUT2D eigenvalue weighted by atomic mass is 32.2. The fraction of sp³-hybridized carbons (Fsp3) is 0.200. The molecule has 1 aromatic carbocycles. The Kier molecular flexibility index (Phi) is 4.86. The average molecular weight is 304 g/mol. The number of nitrogens with two attached hydrogens (primary N) is 1. The van der Waals surface area contributed by atoms with E-state index in [0.29, 0.717) is 0 Å². The highest BCUT2D eigenvalue weighted by Gasteiger charge is 2.17. The summed E-state index contributed by atoms with van der Waals surface area (Å²) in [5.41, 5.74) is 4.92. The zero-order valence-electron chi connectivity index (χ0n) is 10.4. The molecule has 0 unspecified atom stereocenters. The number of benzene rings is 1. The second-order valence-electron chi connectivity index (χ2n) is 3.53. The van der Waals surface area contributed by atoms with Crippen LogP contribution < -0.4 is 15.2 Å². The second-order valence-corrected chi connectivity index (χ2v) is 4.95. The number of anilines is 1. The number of halogens is 1. The molecule has 0 aliphatic heterocycles. The van der Waals surface area contributed by atoms with Crippen LogP contribution in [0.4, 0.5) is 14.9 Å². The number of amides is 1. The highest BCUT2D eigenvalue weighted by Crippen LogP contribution is 2.17. The number of hydrogen-bond donors (Lipinski definition) is 4. The summed E-state index contributed by atoms with van der Waals surface area (Å²) >= 11 is 0. The van der Waals surface area contributed by atoms with Gasteiger partial charge in [-0.15, -0.1) is 0 Å². The second kappa shape index (κ2) is 6.19. The average Bonchev–Trinajstić information content (AvgIpc) is 2.30. The Morgan fingerprint density at radius 3 is 2.70 bits per heavy atom. The number of carbonyl (C=O) groups is 1. The standard InChI is InChI=1S/C10H13FN4O4S/c1-2-19-10(16)15-20(17,18)14-8-4-3-6(11)5-7(8)9(12)13/h3-5,14H,2H2,1H3,(H3,12,13)(H,15,16). The van der Waals surface area contributed by atoms with Gasteiger partial charge in [0.2, 0.25) is 0 Å². The van der Waals surface area contributed by atoms with Gasteiger partial charge in [-0.25, -0.2) is 13.9 Å². The number of ether oxygens (including phenoxy) is 1. The van der Waals surface area contributed by atoms with Crippen molar-refractivity contribution in [2.24, 2.45) is 5.73 Å². The molecule has 0 saturated heterocycles. The fourth-order valence-corrected chi connectivity index (χ4v) is 2.07. The lowest BCUT2D eigenvalue weighted by molar-refractivity contribution is 0.159. The molecule has 8 nitrogen and oxygen atoms in total. The zero-order valence-corrected chi connectivity index (χ0v) is 11.3. The van der Waals surface area contributed by atoms with Crippen LogP contribution in [-0.2, 0) is 14.9 Å². The fourth-order valence-electron chi connectivity index (χ4n) is 1.27. The molecule has 1 rings (SSSR count). The first-order valence-electron chi connectivity index (χ1n) is 5.36. The summed E-state index contributed by atoms with van der Waals surface area (Å²) in [7, 11) is -4.27. The third-order valence-electron chi connectivity index (χ3n) is 2.01. The number of hydrogen-bond acceptors (Lipinski definition) is 5.